The van der Waals surface area contributed by atoms with Gasteiger partial charge in [0, 0.05) is 5.56 Å². The van der Waals surface area contributed by atoms with Crippen LogP contribution in [0.25, 0.3) is 0 Å². The van der Waals surface area contributed by atoms with Gasteiger partial charge in [0.15, 0.2) is 0 Å². The molecule has 5 heteroatoms. The van der Waals surface area contributed by atoms with Crippen LogP contribution in [0, 0.1) is 13.8 Å². The average molecular weight is 296 g/mol. The van der Waals surface area contributed by atoms with Crippen LogP contribution in [-0.2, 0) is 10.4 Å². The Hall–Kier alpha value is -1.33. The maximum atomic E-state index is 12.3. The predicted octanol–water partition coefficient (Wildman–Crippen LogP) is 1.95. The number of aryl methyl sites for hydroxylation is 2. The van der Waals surface area contributed by atoms with Gasteiger partial charge in [-0.15, -0.1) is 0 Å². The number of hydrogen-bond acceptors (Lipinski definition) is 4. The third-order valence-corrected chi connectivity index (χ3v) is 3.72. The second kappa shape index (κ2) is 7.09. The Labute approximate surface area is 127 Å². The lowest BCUT2D eigenvalue weighted by Crippen LogP contribution is -2.47. The first-order valence-corrected chi connectivity index (χ1v) is 7.43. The molecule has 0 aliphatic carbocycles. The van der Waals surface area contributed by atoms with Crippen LogP contribution in [0.15, 0.2) is 10.5 Å². The minimum atomic E-state index is -1.14. The highest BCUT2D eigenvalue weighted by molar-refractivity contribution is 5.81. The number of nitrogens with zero attached hydrogens (tertiary/aromatic N) is 1. The van der Waals surface area contributed by atoms with Crippen molar-refractivity contribution in [1.82, 2.24) is 10.2 Å². The highest BCUT2D eigenvalue weighted by Crippen LogP contribution is 2.26. The summed E-state index contributed by atoms with van der Waals surface area (Å²) in [4.78, 5) is 14.2. The van der Waals surface area contributed by atoms with Gasteiger partial charge >= 0.3 is 0 Å². The number of carbonyl (C=O) groups excluding carboxylic acids is 1. The normalized spacial score (nSPS) is 15.8. The summed E-state index contributed by atoms with van der Waals surface area (Å²) in [5.74, 6) is 1.38. The number of rotatable bonds is 7. The maximum absolute atomic E-state index is 12.3. The molecular weight excluding hydrogens is 268 g/mol. The monoisotopic (exact) mass is 296 g/mol. The molecule has 0 saturated carbocycles. The summed E-state index contributed by atoms with van der Waals surface area (Å²) in [6, 6.07) is 1.65. The van der Waals surface area contributed by atoms with Crippen LogP contribution in [-0.4, -0.2) is 42.6 Å². The number of aliphatic hydroxyl groups is 1. The van der Waals surface area contributed by atoms with E-state index in [0.29, 0.717) is 5.76 Å². The van der Waals surface area contributed by atoms with Gasteiger partial charge in [-0.25, -0.2) is 0 Å². The molecule has 0 saturated heterocycles. The van der Waals surface area contributed by atoms with E-state index in [1.54, 1.807) is 6.92 Å². The van der Waals surface area contributed by atoms with Crippen molar-refractivity contribution in [1.29, 1.82) is 0 Å². The summed E-state index contributed by atoms with van der Waals surface area (Å²) in [7, 11) is 3.78. The molecule has 0 radical (unpaired) electrons. The number of nitrogens with one attached hydrogen (secondary N) is 1. The first-order chi connectivity index (χ1) is 9.69. The third-order valence-electron chi connectivity index (χ3n) is 3.72. The van der Waals surface area contributed by atoms with Crippen LogP contribution in [0.2, 0.25) is 0 Å². The fraction of sp³-hybridized carbons (Fsp3) is 0.688. The number of hydrogen-bond donors (Lipinski definition) is 2. The Kier molecular flexibility index (Phi) is 5.98. The van der Waals surface area contributed by atoms with Gasteiger partial charge in [0.25, 0.3) is 0 Å². The largest absolute Gasteiger partial charge is 0.466 e. The molecule has 0 bridgehead atoms. The van der Waals surface area contributed by atoms with Gasteiger partial charge in [-0.05, 0) is 47.4 Å². The molecule has 0 aliphatic rings. The standard InChI is InChI=1S/C16H28N2O3/c1-7-8-14(18(5)6)15(19)17-10-16(4,20)13-9-11(2)21-12(13)3/h9,14,20H,7-8,10H2,1-6H3,(H,17,19). The lowest BCUT2D eigenvalue weighted by Gasteiger charge is -2.27. The summed E-state index contributed by atoms with van der Waals surface area (Å²) in [6.45, 7) is 7.57. The summed E-state index contributed by atoms with van der Waals surface area (Å²) in [6.07, 6.45) is 1.73. The van der Waals surface area contributed by atoms with E-state index in [1.807, 2.05) is 38.9 Å². The molecule has 0 aliphatic heterocycles. The zero-order valence-corrected chi connectivity index (χ0v) is 14.0. The smallest absolute Gasteiger partial charge is 0.237 e. The van der Waals surface area contributed by atoms with Gasteiger partial charge in [0.05, 0.1) is 12.6 Å². The summed E-state index contributed by atoms with van der Waals surface area (Å²) >= 11 is 0. The van der Waals surface area contributed by atoms with Crippen molar-refractivity contribution in [2.75, 3.05) is 20.6 Å². The van der Waals surface area contributed by atoms with Crippen molar-refractivity contribution in [3.05, 3.63) is 23.2 Å². The van der Waals surface area contributed by atoms with Crippen molar-refractivity contribution in [2.45, 2.75) is 52.2 Å². The van der Waals surface area contributed by atoms with Gasteiger partial charge in [-0.3, -0.25) is 9.69 Å². The predicted molar refractivity (Wildman–Crippen MR) is 83.1 cm³/mol. The van der Waals surface area contributed by atoms with E-state index < -0.39 is 5.60 Å². The van der Waals surface area contributed by atoms with Crippen LogP contribution < -0.4 is 5.32 Å². The average Bonchev–Trinajstić information content (AvgIpc) is 2.72. The molecule has 1 heterocycles. The summed E-state index contributed by atoms with van der Waals surface area (Å²) < 4.78 is 5.45. The van der Waals surface area contributed by atoms with Crippen molar-refractivity contribution < 1.29 is 14.3 Å². The van der Waals surface area contributed by atoms with Gasteiger partial charge in [0.1, 0.15) is 17.1 Å². The molecule has 120 valence electrons. The third kappa shape index (κ3) is 4.58. The minimum Gasteiger partial charge on any atom is -0.466 e. The highest BCUT2D eigenvalue weighted by atomic mass is 16.3. The summed E-state index contributed by atoms with van der Waals surface area (Å²) in [5.41, 5.74) is -0.419. The van der Waals surface area contributed by atoms with Crippen molar-refractivity contribution in [2.24, 2.45) is 0 Å². The zero-order chi connectivity index (χ0) is 16.2. The van der Waals surface area contributed by atoms with E-state index in [2.05, 4.69) is 12.2 Å². The Bertz CT molecular complexity index is 478. The number of carbonyl (C=O) groups is 1. The van der Waals surface area contributed by atoms with Crippen LogP contribution in [0.1, 0.15) is 43.8 Å². The second-order valence-electron chi connectivity index (χ2n) is 6.09. The molecule has 0 fully saturated rings. The van der Waals surface area contributed by atoms with Gasteiger partial charge in [0.2, 0.25) is 5.91 Å². The van der Waals surface area contributed by atoms with E-state index in [9.17, 15) is 9.90 Å². The van der Waals surface area contributed by atoms with Crippen LogP contribution >= 0.6 is 0 Å². The molecule has 21 heavy (non-hydrogen) atoms. The quantitative estimate of drug-likeness (QED) is 0.807. The molecule has 2 unspecified atom stereocenters. The molecule has 1 amide bonds. The SMILES string of the molecule is CCCC(C(=O)NCC(C)(O)c1cc(C)oc1C)N(C)C. The van der Waals surface area contributed by atoms with E-state index in [4.69, 9.17) is 4.42 Å². The number of likely N-dealkylation sites (N-methyl/N-ethyl adjacent to an activating group) is 1. The molecule has 1 rings (SSSR count). The van der Waals surface area contributed by atoms with Crippen molar-refractivity contribution in [3.8, 4) is 0 Å². The van der Waals surface area contributed by atoms with Gasteiger partial charge in [-0.1, -0.05) is 13.3 Å². The minimum absolute atomic E-state index is 0.0556. The first kappa shape index (κ1) is 17.7. The molecule has 1 aromatic rings. The maximum Gasteiger partial charge on any atom is 0.237 e. The van der Waals surface area contributed by atoms with Crippen LogP contribution in [0.5, 0.6) is 0 Å². The van der Waals surface area contributed by atoms with Crippen molar-refractivity contribution >= 4 is 5.91 Å². The van der Waals surface area contributed by atoms with Gasteiger partial charge in [-0.2, -0.15) is 0 Å². The van der Waals surface area contributed by atoms with Crippen LogP contribution in [0.3, 0.4) is 0 Å². The van der Waals surface area contributed by atoms with Crippen LogP contribution in [0.4, 0.5) is 0 Å². The Morgan fingerprint density at radius 3 is 2.52 bits per heavy atom. The number of amides is 1. The van der Waals surface area contributed by atoms with Crippen molar-refractivity contribution in [3.63, 3.8) is 0 Å². The van der Waals surface area contributed by atoms with E-state index >= 15 is 0 Å². The number of furan rings is 1. The summed E-state index contributed by atoms with van der Waals surface area (Å²) in [5, 5.41) is 13.4. The van der Waals surface area contributed by atoms with Gasteiger partial charge < -0.3 is 14.8 Å². The Morgan fingerprint density at radius 1 is 1.48 bits per heavy atom. The lowest BCUT2D eigenvalue weighted by atomic mass is 9.96. The molecule has 2 N–H and O–H groups in total. The fourth-order valence-electron chi connectivity index (χ4n) is 2.54. The molecular formula is C16H28N2O3. The molecule has 1 aromatic heterocycles. The van der Waals surface area contributed by atoms with E-state index in [1.165, 1.54) is 0 Å². The van der Waals surface area contributed by atoms with E-state index in [-0.39, 0.29) is 18.5 Å². The Morgan fingerprint density at radius 2 is 2.10 bits per heavy atom. The first-order valence-electron chi connectivity index (χ1n) is 7.43. The Balaban J connectivity index is 2.72. The second-order valence-corrected chi connectivity index (χ2v) is 6.09. The highest BCUT2D eigenvalue weighted by Gasteiger charge is 2.29. The zero-order valence-electron chi connectivity index (χ0n) is 14.0. The topological polar surface area (TPSA) is 65.7 Å². The molecule has 0 aromatic carbocycles. The molecule has 2 atom stereocenters. The molecule has 5 nitrogen and oxygen atoms in total. The van der Waals surface area contributed by atoms with E-state index in [0.717, 1.165) is 24.2 Å². The molecule has 0 spiro atoms. The fourth-order valence-corrected chi connectivity index (χ4v) is 2.54. The lowest BCUT2D eigenvalue weighted by molar-refractivity contribution is -0.127.